The maximum Gasteiger partial charge on any atom is 0.416 e. The number of amides is 1. The summed E-state index contributed by atoms with van der Waals surface area (Å²) in [5.74, 6) is -1.44. The van der Waals surface area contributed by atoms with Crippen molar-refractivity contribution in [1.82, 2.24) is 15.2 Å². The van der Waals surface area contributed by atoms with Gasteiger partial charge in [-0.05, 0) is 50.2 Å². The molecule has 3 rings (SSSR count). The summed E-state index contributed by atoms with van der Waals surface area (Å²) in [6, 6.07) is 7.45. The number of hydrogen-bond donors (Lipinski definition) is 4. The third-order valence-corrected chi connectivity index (χ3v) is 4.44. The normalized spacial score (nSPS) is 12.1. The van der Waals surface area contributed by atoms with Crippen molar-refractivity contribution in [1.29, 1.82) is 0 Å². The van der Waals surface area contributed by atoms with Crippen molar-refractivity contribution in [3.8, 4) is 17.2 Å². The van der Waals surface area contributed by atoms with E-state index in [2.05, 4.69) is 15.6 Å². The number of hydrogen-bond acceptors (Lipinski definition) is 5. The fourth-order valence-corrected chi connectivity index (χ4v) is 2.92. The lowest BCUT2D eigenvalue weighted by atomic mass is 10.1. The van der Waals surface area contributed by atoms with E-state index in [-0.39, 0.29) is 28.3 Å². The predicted octanol–water partition coefficient (Wildman–Crippen LogP) is 3.06. The second-order valence-corrected chi connectivity index (χ2v) is 6.64. The zero-order valence-electron chi connectivity index (χ0n) is 16.3. The van der Waals surface area contributed by atoms with Gasteiger partial charge in [0.25, 0.3) is 11.5 Å². The first-order valence-corrected chi connectivity index (χ1v) is 8.85. The van der Waals surface area contributed by atoms with Gasteiger partial charge < -0.3 is 10.2 Å². The van der Waals surface area contributed by atoms with Crippen LogP contribution in [0.3, 0.4) is 0 Å². The van der Waals surface area contributed by atoms with Crippen molar-refractivity contribution in [3.63, 3.8) is 0 Å². The Morgan fingerprint density at radius 2 is 1.77 bits per heavy atom. The molecule has 0 aliphatic heterocycles. The van der Waals surface area contributed by atoms with Gasteiger partial charge in [-0.3, -0.25) is 14.7 Å². The average Bonchev–Trinajstić information content (AvgIpc) is 2.99. The fourth-order valence-electron chi connectivity index (χ4n) is 2.92. The number of carbonyl (C=O) groups excluding carboxylic acids is 1. The maximum absolute atomic E-state index is 12.8. The number of H-pyrrole nitrogens is 1. The Labute approximate surface area is 173 Å². The Balaban J connectivity index is 1.87. The van der Waals surface area contributed by atoms with Crippen LogP contribution in [0.15, 0.2) is 52.4 Å². The Morgan fingerprint density at radius 3 is 2.35 bits per heavy atom. The number of benzene rings is 2. The monoisotopic (exact) mass is 434 g/mol. The number of rotatable bonds is 4. The molecule has 1 amide bonds. The summed E-state index contributed by atoms with van der Waals surface area (Å²) in [5, 5.41) is 25.7. The number of alkyl halides is 3. The Hall–Kier alpha value is -4.02. The Morgan fingerprint density at radius 1 is 1.13 bits per heavy atom. The molecule has 1 heterocycles. The maximum atomic E-state index is 12.8. The lowest BCUT2D eigenvalue weighted by Crippen LogP contribution is -2.23. The van der Waals surface area contributed by atoms with Crippen LogP contribution in [0.1, 0.15) is 34.1 Å². The number of aromatic nitrogens is 2. The summed E-state index contributed by atoms with van der Waals surface area (Å²) < 4.78 is 39.3. The van der Waals surface area contributed by atoms with E-state index < -0.39 is 29.0 Å². The van der Waals surface area contributed by atoms with Crippen molar-refractivity contribution in [2.75, 3.05) is 0 Å². The number of phenolic OH excluding ortho intramolecular Hbond substituents is 2. The van der Waals surface area contributed by atoms with Gasteiger partial charge in [-0.25, -0.2) is 10.1 Å². The number of aromatic hydroxyl groups is 2. The molecule has 0 atom stereocenters. The fraction of sp³-hybridized carbons (Fsp3) is 0.150. The van der Waals surface area contributed by atoms with Crippen LogP contribution in [0.25, 0.3) is 5.69 Å². The van der Waals surface area contributed by atoms with Crippen LogP contribution < -0.4 is 11.0 Å². The molecule has 0 saturated carbocycles. The summed E-state index contributed by atoms with van der Waals surface area (Å²) in [6.07, 6.45) is -4.49. The molecule has 11 heteroatoms. The molecule has 2 aromatic carbocycles. The Bertz CT molecular complexity index is 1220. The lowest BCUT2D eigenvalue weighted by Gasteiger charge is -2.07. The number of phenols is 2. The number of nitrogens with one attached hydrogen (secondary N) is 2. The number of hydrazone groups is 1. The van der Waals surface area contributed by atoms with Gasteiger partial charge in [-0.2, -0.15) is 18.3 Å². The quantitative estimate of drug-likeness (QED) is 0.373. The van der Waals surface area contributed by atoms with Crippen LogP contribution in [0.2, 0.25) is 0 Å². The van der Waals surface area contributed by atoms with E-state index in [1.807, 2.05) is 0 Å². The average molecular weight is 434 g/mol. The van der Waals surface area contributed by atoms with Crippen molar-refractivity contribution in [2.24, 2.45) is 5.10 Å². The van der Waals surface area contributed by atoms with E-state index in [0.29, 0.717) is 5.69 Å². The summed E-state index contributed by atoms with van der Waals surface area (Å²) in [5.41, 5.74) is 1.49. The van der Waals surface area contributed by atoms with Gasteiger partial charge in [0.15, 0.2) is 0 Å². The highest BCUT2D eigenvalue weighted by molar-refractivity contribution is 6.02. The molecule has 0 fully saturated rings. The van der Waals surface area contributed by atoms with Crippen LogP contribution in [0.4, 0.5) is 13.2 Å². The molecule has 8 nitrogen and oxygen atoms in total. The highest BCUT2D eigenvalue weighted by atomic mass is 19.4. The minimum atomic E-state index is -4.49. The van der Waals surface area contributed by atoms with E-state index in [9.17, 15) is 33.0 Å². The van der Waals surface area contributed by atoms with Gasteiger partial charge >= 0.3 is 6.18 Å². The van der Waals surface area contributed by atoms with Gasteiger partial charge in [-0.15, -0.1) is 0 Å². The number of halogens is 3. The SMILES string of the molecule is C/C(=N\NC(=O)c1ccc(O)cc1O)c1c(C)[nH]n(-c2ccc(C(F)(F)F)cc2)c1=O. The largest absolute Gasteiger partial charge is 0.508 e. The zero-order chi connectivity index (χ0) is 22.9. The lowest BCUT2D eigenvalue weighted by molar-refractivity contribution is -0.137. The second-order valence-electron chi connectivity index (χ2n) is 6.64. The molecule has 3 aromatic rings. The molecule has 0 aliphatic carbocycles. The molecular formula is C20H17F3N4O4. The summed E-state index contributed by atoms with van der Waals surface area (Å²) >= 11 is 0. The minimum Gasteiger partial charge on any atom is -0.508 e. The summed E-state index contributed by atoms with van der Waals surface area (Å²) in [6.45, 7) is 3.04. The summed E-state index contributed by atoms with van der Waals surface area (Å²) in [7, 11) is 0. The predicted molar refractivity (Wildman–Crippen MR) is 106 cm³/mol. The molecule has 0 radical (unpaired) electrons. The molecule has 31 heavy (non-hydrogen) atoms. The molecule has 0 aliphatic rings. The molecular weight excluding hydrogens is 417 g/mol. The highest BCUT2D eigenvalue weighted by Crippen LogP contribution is 2.29. The van der Waals surface area contributed by atoms with Gasteiger partial charge in [0.05, 0.1) is 28.1 Å². The molecule has 1 aromatic heterocycles. The molecule has 0 bridgehead atoms. The van der Waals surface area contributed by atoms with Gasteiger partial charge in [0, 0.05) is 11.8 Å². The first-order valence-electron chi connectivity index (χ1n) is 8.85. The van der Waals surface area contributed by atoms with E-state index >= 15 is 0 Å². The third-order valence-electron chi connectivity index (χ3n) is 4.44. The smallest absolute Gasteiger partial charge is 0.416 e. The minimum absolute atomic E-state index is 0.120. The Kier molecular flexibility index (Phi) is 5.60. The molecule has 4 N–H and O–H groups in total. The third kappa shape index (κ3) is 4.44. The van der Waals surface area contributed by atoms with E-state index in [0.717, 1.165) is 35.0 Å². The van der Waals surface area contributed by atoms with Gasteiger partial charge in [0.2, 0.25) is 0 Å². The van der Waals surface area contributed by atoms with Crippen molar-refractivity contribution in [2.45, 2.75) is 20.0 Å². The van der Waals surface area contributed by atoms with Gasteiger partial charge in [0.1, 0.15) is 11.5 Å². The van der Waals surface area contributed by atoms with E-state index in [1.165, 1.54) is 19.1 Å². The first kappa shape index (κ1) is 21.7. The van der Waals surface area contributed by atoms with Crippen LogP contribution in [0, 0.1) is 6.92 Å². The number of carbonyl (C=O) groups is 1. The van der Waals surface area contributed by atoms with Crippen molar-refractivity contribution < 1.29 is 28.2 Å². The van der Waals surface area contributed by atoms with Crippen LogP contribution in [0.5, 0.6) is 11.5 Å². The zero-order valence-corrected chi connectivity index (χ0v) is 16.3. The highest BCUT2D eigenvalue weighted by Gasteiger charge is 2.30. The van der Waals surface area contributed by atoms with E-state index in [1.54, 1.807) is 6.92 Å². The summed E-state index contributed by atoms with van der Waals surface area (Å²) in [4.78, 5) is 24.9. The van der Waals surface area contributed by atoms with Crippen LogP contribution in [-0.2, 0) is 6.18 Å². The second kappa shape index (κ2) is 8.01. The first-order chi connectivity index (χ1) is 14.5. The standard InChI is InChI=1S/C20H17F3N4O4/c1-10(24-25-18(30)15-8-7-14(28)9-16(15)29)17-11(2)26-27(19(17)31)13-5-3-12(4-6-13)20(21,22)23/h3-9,26,28-29H,1-2H3,(H,25,30)/b24-10+. The number of aromatic amines is 1. The van der Waals surface area contributed by atoms with Crippen LogP contribution in [-0.4, -0.2) is 31.6 Å². The molecule has 0 unspecified atom stereocenters. The number of nitrogens with zero attached hydrogens (tertiary/aromatic N) is 2. The van der Waals surface area contributed by atoms with Gasteiger partial charge in [-0.1, -0.05) is 0 Å². The van der Waals surface area contributed by atoms with E-state index in [4.69, 9.17) is 0 Å². The van der Waals surface area contributed by atoms with Crippen molar-refractivity contribution in [3.05, 3.63) is 75.2 Å². The molecule has 162 valence electrons. The molecule has 0 spiro atoms. The topological polar surface area (TPSA) is 120 Å². The molecule has 0 saturated heterocycles. The van der Waals surface area contributed by atoms with Crippen molar-refractivity contribution >= 4 is 11.6 Å². The van der Waals surface area contributed by atoms with Crippen LogP contribution >= 0.6 is 0 Å². The number of aryl methyl sites for hydroxylation is 1.